The predicted molar refractivity (Wildman–Crippen MR) is 144 cm³/mol. The number of furan rings is 1. The van der Waals surface area contributed by atoms with Crippen molar-refractivity contribution in [2.75, 3.05) is 37.6 Å². The van der Waals surface area contributed by atoms with Gasteiger partial charge in [-0.2, -0.15) is 5.26 Å². The number of nitrogens with zero attached hydrogens (tertiary/aromatic N) is 3. The Balaban J connectivity index is 0.000000617. The van der Waals surface area contributed by atoms with Crippen molar-refractivity contribution in [1.29, 1.82) is 5.26 Å². The monoisotopic (exact) mass is 539 g/mol. The number of aromatic nitrogens is 1. The highest BCUT2D eigenvalue weighted by atomic mass is 31.2. The number of anilines is 1. The second-order valence-corrected chi connectivity index (χ2v) is 10.2. The molecule has 1 fully saturated rings. The zero-order valence-electron chi connectivity index (χ0n) is 20.7. The van der Waals surface area contributed by atoms with Crippen LogP contribution in [0.4, 0.5) is 5.69 Å². The molecule has 1 saturated heterocycles. The third-order valence-electron chi connectivity index (χ3n) is 6.61. The maximum Gasteiger partial charge on any atom is 0.466 e. The van der Waals surface area contributed by atoms with Crippen molar-refractivity contribution in [3.63, 3.8) is 0 Å². The van der Waals surface area contributed by atoms with Crippen LogP contribution < -0.4 is 10.6 Å². The maximum atomic E-state index is 11.5. The quantitative estimate of drug-likeness (QED) is 0.174. The summed E-state index contributed by atoms with van der Waals surface area (Å²) in [5, 5.41) is 12.0. The fourth-order valence-electron chi connectivity index (χ4n) is 4.76. The van der Waals surface area contributed by atoms with Gasteiger partial charge in [0.05, 0.1) is 17.9 Å². The van der Waals surface area contributed by atoms with Gasteiger partial charge in [-0.3, -0.25) is 9.69 Å². The van der Waals surface area contributed by atoms with Crippen molar-refractivity contribution >= 4 is 41.1 Å². The van der Waals surface area contributed by atoms with E-state index in [1.807, 2.05) is 30.3 Å². The Kier molecular flexibility index (Phi) is 8.52. The molecule has 2 aromatic carbocycles. The summed E-state index contributed by atoms with van der Waals surface area (Å²) in [4.78, 5) is 41.2. The van der Waals surface area contributed by atoms with Crippen LogP contribution in [0.3, 0.4) is 0 Å². The molecule has 0 radical (unpaired) electrons. The van der Waals surface area contributed by atoms with Crippen LogP contribution in [0.15, 0.2) is 53.3 Å². The third-order valence-corrected chi connectivity index (χ3v) is 6.61. The van der Waals surface area contributed by atoms with Crippen molar-refractivity contribution in [1.82, 2.24) is 9.88 Å². The van der Waals surface area contributed by atoms with Gasteiger partial charge in [0.1, 0.15) is 0 Å². The van der Waals surface area contributed by atoms with Crippen LogP contribution in [0.25, 0.3) is 21.7 Å². The number of piperazine rings is 1. The minimum atomic E-state index is -4.64. The largest absolute Gasteiger partial charge is 0.466 e. The zero-order chi connectivity index (χ0) is 27.3. The molecule has 0 spiro atoms. The number of phosphoric acid groups is 1. The van der Waals surface area contributed by atoms with E-state index >= 15 is 0 Å². The molecule has 4 aromatic rings. The van der Waals surface area contributed by atoms with Crippen LogP contribution >= 0.6 is 7.82 Å². The first-order valence-corrected chi connectivity index (χ1v) is 13.8. The van der Waals surface area contributed by atoms with Gasteiger partial charge in [0, 0.05) is 59.7 Å². The highest BCUT2D eigenvalue weighted by molar-refractivity contribution is 7.45. The summed E-state index contributed by atoms with van der Waals surface area (Å²) in [6.07, 6.45) is 6.98. The Bertz CT molecular complexity index is 1500. The Labute approximate surface area is 219 Å². The van der Waals surface area contributed by atoms with Crippen LogP contribution in [-0.2, 0) is 11.0 Å². The number of aryl methyl sites for hydroxylation is 1. The molecule has 0 aliphatic carbocycles. The fraction of sp³-hybridized carbons (Fsp3) is 0.308. The molecule has 38 heavy (non-hydrogen) atoms. The van der Waals surface area contributed by atoms with Crippen molar-refractivity contribution < 1.29 is 28.5 Å². The molecule has 0 bridgehead atoms. The average Bonchev–Trinajstić information content (AvgIpc) is 3.49. The maximum absolute atomic E-state index is 11.5. The van der Waals surface area contributed by atoms with E-state index in [4.69, 9.17) is 34.7 Å². The number of amides is 1. The van der Waals surface area contributed by atoms with Crippen LogP contribution in [-0.4, -0.2) is 63.2 Å². The Morgan fingerprint density at radius 3 is 2.50 bits per heavy atom. The zero-order valence-corrected chi connectivity index (χ0v) is 21.6. The normalized spacial score (nSPS) is 14.3. The van der Waals surface area contributed by atoms with Crippen molar-refractivity contribution in [3.05, 3.63) is 65.7 Å². The number of carbonyl (C=O) groups excluding carboxylic acids is 1. The van der Waals surface area contributed by atoms with E-state index in [0.717, 1.165) is 74.0 Å². The molecule has 5 rings (SSSR count). The number of H-pyrrole nitrogens is 1. The number of primary amides is 1. The van der Waals surface area contributed by atoms with Crippen molar-refractivity contribution in [3.8, 4) is 6.07 Å². The van der Waals surface area contributed by atoms with Gasteiger partial charge in [0.25, 0.3) is 5.91 Å². The number of aromatic amines is 1. The topological polar surface area (TPSA) is 180 Å². The van der Waals surface area contributed by atoms with Crippen LogP contribution in [0.2, 0.25) is 0 Å². The van der Waals surface area contributed by atoms with Gasteiger partial charge in [0.15, 0.2) is 5.76 Å². The van der Waals surface area contributed by atoms with Gasteiger partial charge >= 0.3 is 7.82 Å². The fourth-order valence-corrected chi connectivity index (χ4v) is 4.76. The number of rotatable bonds is 7. The second kappa shape index (κ2) is 11.8. The number of unbranched alkanes of at least 4 members (excludes halogenated alkanes) is 1. The first-order valence-electron chi connectivity index (χ1n) is 12.2. The smallest absolute Gasteiger partial charge is 0.458 e. The predicted octanol–water partition coefficient (Wildman–Crippen LogP) is 3.10. The number of hydrogen-bond donors (Lipinski definition) is 5. The Morgan fingerprint density at radius 2 is 1.82 bits per heavy atom. The second-order valence-electron chi connectivity index (χ2n) is 9.19. The molecule has 200 valence electrons. The van der Waals surface area contributed by atoms with Crippen molar-refractivity contribution in [2.45, 2.75) is 19.3 Å². The molecular formula is C26H30N5O6P. The van der Waals surface area contributed by atoms with E-state index in [0.29, 0.717) is 5.56 Å². The lowest BCUT2D eigenvalue weighted by molar-refractivity contribution is 0.0976. The van der Waals surface area contributed by atoms with Gasteiger partial charge in [-0.15, -0.1) is 0 Å². The first kappa shape index (κ1) is 27.4. The molecular weight excluding hydrogens is 509 g/mol. The van der Waals surface area contributed by atoms with Crippen LogP contribution in [0.1, 0.15) is 34.5 Å². The van der Waals surface area contributed by atoms with Gasteiger partial charge in [-0.05, 0) is 67.8 Å². The van der Waals surface area contributed by atoms with E-state index < -0.39 is 13.7 Å². The number of hydrogen-bond acceptors (Lipinski definition) is 6. The van der Waals surface area contributed by atoms with E-state index in [1.54, 1.807) is 6.26 Å². The molecule has 0 atom stereocenters. The van der Waals surface area contributed by atoms with E-state index in [1.165, 1.54) is 10.9 Å². The summed E-state index contributed by atoms with van der Waals surface area (Å²) in [6.45, 7) is 5.13. The lowest BCUT2D eigenvalue weighted by atomic mass is 10.0. The van der Waals surface area contributed by atoms with Gasteiger partial charge in [0.2, 0.25) is 0 Å². The number of fused-ring (bicyclic) bond motifs is 2. The molecule has 2 aromatic heterocycles. The molecule has 1 amide bonds. The molecule has 0 saturated carbocycles. The average molecular weight is 540 g/mol. The summed E-state index contributed by atoms with van der Waals surface area (Å²) in [7, 11) is -4.64. The van der Waals surface area contributed by atoms with Crippen LogP contribution in [0, 0.1) is 11.3 Å². The number of nitrogens with one attached hydrogen (secondary N) is 1. The van der Waals surface area contributed by atoms with E-state index in [2.05, 4.69) is 33.1 Å². The molecule has 0 unspecified atom stereocenters. The van der Waals surface area contributed by atoms with Gasteiger partial charge in [-0.1, -0.05) is 0 Å². The summed E-state index contributed by atoms with van der Waals surface area (Å²) in [5.41, 5.74) is 9.62. The minimum absolute atomic E-state index is 0.222. The first-order chi connectivity index (χ1) is 18.1. The summed E-state index contributed by atoms with van der Waals surface area (Å²) in [6, 6.07) is 14.1. The highest BCUT2D eigenvalue weighted by Gasteiger charge is 2.19. The standard InChI is InChI=1S/C26H27N5O2.H3O4P/c27-15-18-4-7-24-23(13-18)19(16-29-24)3-1-2-8-30-9-11-31(12-10-30)21-5-6-22-20(14-21)17-33-25(22)26(28)32;1-5(2,3)4/h4-7,13-14,16-17,29H,1-3,8-12H2,(H2,28,32);(H3,1,2,3,4). The van der Waals surface area contributed by atoms with E-state index in [9.17, 15) is 4.79 Å². The molecule has 1 aliphatic rings. The lowest BCUT2D eigenvalue weighted by Crippen LogP contribution is -2.46. The highest BCUT2D eigenvalue weighted by Crippen LogP contribution is 2.27. The Hall–Kier alpha value is -3.65. The SMILES string of the molecule is N#Cc1ccc2[nH]cc(CCCCN3CCN(c4ccc5c(C(N)=O)occ5c4)CC3)c2c1.O=P(O)(O)O. The van der Waals surface area contributed by atoms with Crippen molar-refractivity contribution in [2.24, 2.45) is 5.73 Å². The lowest BCUT2D eigenvalue weighted by Gasteiger charge is -2.36. The molecule has 12 heteroatoms. The number of benzene rings is 2. The molecule has 6 N–H and O–H groups in total. The molecule has 1 aliphatic heterocycles. The van der Waals surface area contributed by atoms with Gasteiger partial charge in [-0.25, -0.2) is 4.57 Å². The summed E-state index contributed by atoms with van der Waals surface area (Å²) in [5.74, 6) is -0.317. The Morgan fingerprint density at radius 1 is 1.08 bits per heavy atom. The third kappa shape index (κ3) is 7.01. The number of nitriles is 1. The molecule has 11 nitrogen and oxygen atoms in total. The number of nitrogens with two attached hydrogens (primary N) is 1. The van der Waals surface area contributed by atoms with Gasteiger partial charge < -0.3 is 34.7 Å². The number of carbonyl (C=O) groups is 1. The summed E-state index contributed by atoms with van der Waals surface area (Å²) >= 11 is 0. The van der Waals surface area contributed by atoms with E-state index in [-0.39, 0.29) is 5.76 Å². The summed E-state index contributed by atoms with van der Waals surface area (Å²) < 4.78 is 14.2. The van der Waals surface area contributed by atoms with Crippen LogP contribution in [0.5, 0.6) is 0 Å². The molecule has 3 heterocycles. The minimum Gasteiger partial charge on any atom is -0.458 e.